The highest BCUT2D eigenvalue weighted by Crippen LogP contribution is 2.35. The van der Waals surface area contributed by atoms with Gasteiger partial charge < -0.3 is 18.9 Å². The summed E-state index contributed by atoms with van der Waals surface area (Å²) >= 11 is 6.09. The molecule has 0 aliphatic carbocycles. The van der Waals surface area contributed by atoms with E-state index in [1.165, 1.54) is 0 Å². The fourth-order valence-corrected chi connectivity index (χ4v) is 3.13. The highest BCUT2D eigenvalue weighted by molar-refractivity contribution is 6.17. The molecule has 1 aromatic heterocycles. The van der Waals surface area contributed by atoms with Crippen LogP contribution < -0.4 is 18.9 Å². The molecule has 0 radical (unpaired) electrons. The molecule has 0 spiro atoms. The van der Waals surface area contributed by atoms with Crippen molar-refractivity contribution < 1.29 is 18.9 Å². The monoisotopic (exact) mass is 376 g/mol. The van der Waals surface area contributed by atoms with Gasteiger partial charge in [0.05, 0.1) is 52.1 Å². The first kappa shape index (κ1) is 18.2. The summed E-state index contributed by atoms with van der Waals surface area (Å²) in [5.74, 6) is 2.98. The van der Waals surface area contributed by atoms with E-state index in [2.05, 4.69) is 5.10 Å². The highest BCUT2D eigenvalue weighted by Gasteiger charge is 2.16. The first-order valence-corrected chi connectivity index (χ1v) is 8.56. The van der Waals surface area contributed by atoms with E-state index in [1.807, 2.05) is 35.0 Å². The smallest absolute Gasteiger partial charge is 0.162 e. The Hall–Kier alpha value is -2.60. The van der Waals surface area contributed by atoms with Crippen molar-refractivity contribution in [3.05, 3.63) is 41.6 Å². The van der Waals surface area contributed by atoms with Crippen molar-refractivity contribution in [2.24, 2.45) is 0 Å². The Balaban J connectivity index is 2.07. The molecule has 0 N–H and O–H groups in total. The van der Waals surface area contributed by atoms with E-state index in [4.69, 9.17) is 30.5 Å². The zero-order valence-electron chi connectivity index (χ0n) is 15.2. The summed E-state index contributed by atoms with van der Waals surface area (Å²) < 4.78 is 23.4. The third-order valence-electron chi connectivity index (χ3n) is 4.24. The number of hydrogen-bond donors (Lipinski definition) is 0. The number of alkyl halides is 1. The van der Waals surface area contributed by atoms with Crippen molar-refractivity contribution in [3.8, 4) is 23.0 Å². The van der Waals surface area contributed by atoms with Gasteiger partial charge in [-0.05, 0) is 23.8 Å². The third-order valence-corrected chi connectivity index (χ3v) is 4.49. The largest absolute Gasteiger partial charge is 0.493 e. The standard InChI is InChI=1S/C19H21ClN2O4/c1-23-16-6-5-12(7-17(16)24-2)11-22-15-9-19(26-4)18(25-3)8-13(15)14(10-20)21-22/h5-9H,10-11H2,1-4H3. The Kier molecular flexibility index (Phi) is 5.42. The van der Waals surface area contributed by atoms with Crippen LogP contribution in [-0.4, -0.2) is 38.2 Å². The van der Waals surface area contributed by atoms with E-state index in [1.54, 1.807) is 28.4 Å². The minimum atomic E-state index is 0.310. The third kappa shape index (κ3) is 3.24. The number of rotatable bonds is 7. The van der Waals surface area contributed by atoms with Crippen LogP contribution in [0.5, 0.6) is 23.0 Å². The molecule has 1 heterocycles. The lowest BCUT2D eigenvalue weighted by Gasteiger charge is -2.11. The van der Waals surface area contributed by atoms with E-state index >= 15 is 0 Å². The molecule has 0 fully saturated rings. The summed E-state index contributed by atoms with van der Waals surface area (Å²) in [5, 5.41) is 5.60. The molecule has 7 heteroatoms. The Morgan fingerprint density at radius 2 is 1.46 bits per heavy atom. The summed E-state index contributed by atoms with van der Waals surface area (Å²) in [6, 6.07) is 9.62. The van der Waals surface area contributed by atoms with E-state index in [0.29, 0.717) is 35.4 Å². The molecule has 0 aliphatic heterocycles. The molecule has 0 saturated heterocycles. The van der Waals surface area contributed by atoms with Crippen LogP contribution in [-0.2, 0) is 12.4 Å². The van der Waals surface area contributed by atoms with Crippen molar-refractivity contribution in [2.75, 3.05) is 28.4 Å². The van der Waals surface area contributed by atoms with Crippen LogP contribution in [0.2, 0.25) is 0 Å². The van der Waals surface area contributed by atoms with Crippen molar-refractivity contribution >= 4 is 22.5 Å². The molecule has 3 rings (SSSR count). The summed E-state index contributed by atoms with van der Waals surface area (Å²) in [6.45, 7) is 0.559. The lowest BCUT2D eigenvalue weighted by Crippen LogP contribution is -2.03. The molecule has 0 saturated carbocycles. The maximum Gasteiger partial charge on any atom is 0.162 e. The molecule has 6 nitrogen and oxygen atoms in total. The van der Waals surface area contributed by atoms with Gasteiger partial charge in [-0.1, -0.05) is 6.07 Å². The normalized spacial score (nSPS) is 10.8. The maximum absolute atomic E-state index is 6.09. The van der Waals surface area contributed by atoms with Gasteiger partial charge >= 0.3 is 0 Å². The van der Waals surface area contributed by atoms with Gasteiger partial charge in [-0.3, -0.25) is 4.68 Å². The van der Waals surface area contributed by atoms with Gasteiger partial charge in [0.1, 0.15) is 0 Å². The number of nitrogens with zero attached hydrogens (tertiary/aromatic N) is 2. The maximum atomic E-state index is 6.09. The molecule has 138 valence electrons. The second kappa shape index (κ2) is 7.74. The van der Waals surface area contributed by atoms with Crippen LogP contribution in [0.1, 0.15) is 11.3 Å². The number of hydrogen-bond acceptors (Lipinski definition) is 5. The average molecular weight is 377 g/mol. The summed E-state index contributed by atoms with van der Waals surface area (Å²) in [6.07, 6.45) is 0. The molecule has 0 aliphatic rings. The highest BCUT2D eigenvalue weighted by atomic mass is 35.5. The van der Waals surface area contributed by atoms with Gasteiger partial charge in [-0.25, -0.2) is 0 Å². The van der Waals surface area contributed by atoms with Crippen LogP contribution in [0.4, 0.5) is 0 Å². The predicted molar refractivity (Wildman–Crippen MR) is 101 cm³/mol. The number of fused-ring (bicyclic) bond motifs is 1. The van der Waals surface area contributed by atoms with Gasteiger partial charge in [-0.15, -0.1) is 11.6 Å². The molecular weight excluding hydrogens is 356 g/mol. The number of benzene rings is 2. The van der Waals surface area contributed by atoms with Crippen LogP contribution in [0.25, 0.3) is 10.9 Å². The average Bonchev–Trinajstić information content (AvgIpc) is 3.03. The second-order valence-corrected chi connectivity index (χ2v) is 5.92. The first-order chi connectivity index (χ1) is 12.6. The molecule has 0 unspecified atom stereocenters. The van der Waals surface area contributed by atoms with Crippen LogP contribution in [0.15, 0.2) is 30.3 Å². The predicted octanol–water partition coefficient (Wildman–Crippen LogP) is 3.86. The fourth-order valence-electron chi connectivity index (χ4n) is 2.94. The second-order valence-electron chi connectivity index (χ2n) is 5.65. The van der Waals surface area contributed by atoms with E-state index in [-0.39, 0.29) is 0 Å². The van der Waals surface area contributed by atoms with Gasteiger partial charge in [0.15, 0.2) is 23.0 Å². The zero-order valence-corrected chi connectivity index (χ0v) is 16.0. The number of aromatic nitrogens is 2. The SMILES string of the molecule is COc1ccc(Cn2nc(CCl)c3cc(OC)c(OC)cc32)cc1OC. The number of halogens is 1. The summed E-state index contributed by atoms with van der Waals surface area (Å²) in [5.41, 5.74) is 2.75. The van der Waals surface area contributed by atoms with Crippen LogP contribution in [0.3, 0.4) is 0 Å². The van der Waals surface area contributed by atoms with Crippen LogP contribution in [0, 0.1) is 0 Å². The molecule has 26 heavy (non-hydrogen) atoms. The summed E-state index contributed by atoms with van der Waals surface area (Å²) in [7, 11) is 6.46. The van der Waals surface area contributed by atoms with Gasteiger partial charge in [0.25, 0.3) is 0 Å². The molecular formula is C19H21ClN2O4. The molecule has 0 atom stereocenters. The lowest BCUT2D eigenvalue weighted by atomic mass is 10.1. The fraction of sp³-hybridized carbons (Fsp3) is 0.316. The number of ether oxygens (including phenoxy) is 4. The lowest BCUT2D eigenvalue weighted by molar-refractivity contribution is 0.354. The van der Waals surface area contributed by atoms with Gasteiger partial charge in [0, 0.05) is 11.5 Å². The Morgan fingerprint density at radius 3 is 2.08 bits per heavy atom. The number of methoxy groups -OCH3 is 4. The van der Waals surface area contributed by atoms with Crippen molar-refractivity contribution in [3.63, 3.8) is 0 Å². The quantitative estimate of drug-likeness (QED) is 0.586. The van der Waals surface area contributed by atoms with Crippen molar-refractivity contribution in [1.82, 2.24) is 9.78 Å². The van der Waals surface area contributed by atoms with E-state index < -0.39 is 0 Å². The topological polar surface area (TPSA) is 54.7 Å². The van der Waals surface area contributed by atoms with Gasteiger partial charge in [0.2, 0.25) is 0 Å². The van der Waals surface area contributed by atoms with Gasteiger partial charge in [-0.2, -0.15) is 5.10 Å². The molecule has 0 bridgehead atoms. The van der Waals surface area contributed by atoms with Crippen molar-refractivity contribution in [2.45, 2.75) is 12.4 Å². The Morgan fingerprint density at radius 1 is 0.846 bits per heavy atom. The molecule has 3 aromatic rings. The minimum Gasteiger partial charge on any atom is -0.493 e. The minimum absolute atomic E-state index is 0.310. The van der Waals surface area contributed by atoms with E-state index in [0.717, 1.165) is 22.2 Å². The Labute approximate surface area is 157 Å². The van der Waals surface area contributed by atoms with Crippen molar-refractivity contribution in [1.29, 1.82) is 0 Å². The van der Waals surface area contributed by atoms with Crippen LogP contribution >= 0.6 is 11.6 Å². The molecule has 0 amide bonds. The summed E-state index contributed by atoms with van der Waals surface area (Å²) in [4.78, 5) is 0. The van der Waals surface area contributed by atoms with E-state index in [9.17, 15) is 0 Å². The first-order valence-electron chi connectivity index (χ1n) is 8.03. The molecule has 2 aromatic carbocycles. The zero-order chi connectivity index (χ0) is 18.7. The Bertz CT molecular complexity index is 924.